The van der Waals surface area contributed by atoms with Crippen LogP contribution >= 0.6 is 0 Å². The molecule has 1 amide bonds. The smallest absolute Gasteiger partial charge is 0.270 e. The van der Waals surface area contributed by atoms with Gasteiger partial charge in [0.25, 0.3) is 5.91 Å². The Kier molecular flexibility index (Phi) is 3.85. The highest BCUT2D eigenvalue weighted by Crippen LogP contribution is 2.14. The van der Waals surface area contributed by atoms with Gasteiger partial charge in [0.05, 0.1) is 23.4 Å². The van der Waals surface area contributed by atoms with E-state index in [9.17, 15) is 4.79 Å². The van der Waals surface area contributed by atoms with Crippen LogP contribution in [0.1, 0.15) is 40.3 Å². The van der Waals surface area contributed by atoms with Crippen LogP contribution in [-0.4, -0.2) is 15.7 Å². The first-order valence-electron chi connectivity index (χ1n) is 6.33. The van der Waals surface area contributed by atoms with Crippen LogP contribution in [-0.2, 0) is 7.05 Å². The molecule has 0 aliphatic rings. The molecule has 0 spiro atoms. The average molecular weight is 268 g/mol. The van der Waals surface area contributed by atoms with Crippen LogP contribution in [0.3, 0.4) is 0 Å². The summed E-state index contributed by atoms with van der Waals surface area (Å²) in [4.78, 5) is 12.2. The lowest BCUT2D eigenvalue weighted by molar-refractivity contribution is 0.0930. The lowest BCUT2D eigenvalue weighted by Crippen LogP contribution is -2.28. The molecular formula is C15H16N4O. The summed E-state index contributed by atoms with van der Waals surface area (Å²) in [5, 5.41) is 15.8. The Hall–Kier alpha value is -2.61. The highest BCUT2D eigenvalue weighted by molar-refractivity contribution is 5.92. The molecule has 1 unspecified atom stereocenters. The monoisotopic (exact) mass is 268 g/mol. The topological polar surface area (TPSA) is 70.7 Å². The Labute approximate surface area is 117 Å². The lowest BCUT2D eigenvalue weighted by atomic mass is 10.1. The van der Waals surface area contributed by atoms with E-state index in [0.29, 0.717) is 11.3 Å². The van der Waals surface area contributed by atoms with Crippen molar-refractivity contribution >= 4 is 5.91 Å². The largest absolute Gasteiger partial charge is 0.344 e. The zero-order valence-electron chi connectivity index (χ0n) is 11.7. The second-order valence-electron chi connectivity index (χ2n) is 4.72. The number of aromatic nitrogens is 2. The highest BCUT2D eigenvalue weighted by atomic mass is 16.2. The zero-order chi connectivity index (χ0) is 14.7. The van der Waals surface area contributed by atoms with Crippen LogP contribution in [0.15, 0.2) is 30.3 Å². The van der Waals surface area contributed by atoms with Gasteiger partial charge in [-0.05, 0) is 37.6 Å². The van der Waals surface area contributed by atoms with Crippen molar-refractivity contribution in [1.29, 1.82) is 5.26 Å². The molecule has 1 N–H and O–H groups in total. The summed E-state index contributed by atoms with van der Waals surface area (Å²) < 4.78 is 1.57. The summed E-state index contributed by atoms with van der Waals surface area (Å²) in [6, 6.07) is 10.9. The maximum atomic E-state index is 12.2. The van der Waals surface area contributed by atoms with Crippen LogP contribution in [0.5, 0.6) is 0 Å². The molecule has 1 atom stereocenters. The highest BCUT2D eigenvalue weighted by Gasteiger charge is 2.15. The van der Waals surface area contributed by atoms with Gasteiger partial charge in [-0.1, -0.05) is 12.1 Å². The summed E-state index contributed by atoms with van der Waals surface area (Å²) >= 11 is 0. The van der Waals surface area contributed by atoms with Gasteiger partial charge >= 0.3 is 0 Å². The Morgan fingerprint density at radius 2 is 2.05 bits per heavy atom. The molecule has 0 aliphatic carbocycles. The molecule has 0 bridgehead atoms. The minimum Gasteiger partial charge on any atom is -0.344 e. The van der Waals surface area contributed by atoms with Gasteiger partial charge < -0.3 is 5.32 Å². The van der Waals surface area contributed by atoms with Gasteiger partial charge in [0, 0.05) is 7.05 Å². The number of nitrogens with zero attached hydrogens (tertiary/aromatic N) is 3. The maximum absolute atomic E-state index is 12.2. The zero-order valence-corrected chi connectivity index (χ0v) is 11.7. The van der Waals surface area contributed by atoms with Crippen molar-refractivity contribution in [3.8, 4) is 6.07 Å². The second kappa shape index (κ2) is 5.57. The van der Waals surface area contributed by atoms with Crippen LogP contribution in [0.4, 0.5) is 0 Å². The van der Waals surface area contributed by atoms with E-state index < -0.39 is 0 Å². The molecule has 0 fully saturated rings. The number of aryl methyl sites for hydroxylation is 2. The van der Waals surface area contributed by atoms with Crippen molar-refractivity contribution in [2.24, 2.45) is 7.05 Å². The molecule has 1 aromatic carbocycles. The Bertz CT molecular complexity index is 664. The van der Waals surface area contributed by atoms with Crippen molar-refractivity contribution in [2.45, 2.75) is 19.9 Å². The van der Waals surface area contributed by atoms with E-state index in [4.69, 9.17) is 5.26 Å². The fraction of sp³-hybridized carbons (Fsp3) is 0.267. The average Bonchev–Trinajstić information content (AvgIpc) is 2.78. The Morgan fingerprint density at radius 1 is 1.40 bits per heavy atom. The van der Waals surface area contributed by atoms with Crippen LogP contribution in [0.2, 0.25) is 0 Å². The van der Waals surface area contributed by atoms with E-state index in [1.165, 1.54) is 0 Å². The van der Waals surface area contributed by atoms with E-state index >= 15 is 0 Å². The molecule has 0 radical (unpaired) electrons. The third-order valence-electron chi connectivity index (χ3n) is 3.12. The van der Waals surface area contributed by atoms with Crippen LogP contribution in [0.25, 0.3) is 0 Å². The minimum atomic E-state index is -0.162. The molecule has 1 heterocycles. The fourth-order valence-electron chi connectivity index (χ4n) is 2.02. The van der Waals surface area contributed by atoms with Gasteiger partial charge in [0.15, 0.2) is 0 Å². The lowest BCUT2D eigenvalue weighted by Gasteiger charge is -2.14. The number of nitrogens with one attached hydrogen (secondary N) is 1. The van der Waals surface area contributed by atoms with Gasteiger partial charge in [0.1, 0.15) is 5.69 Å². The molecule has 102 valence electrons. The van der Waals surface area contributed by atoms with Crippen molar-refractivity contribution in [2.75, 3.05) is 0 Å². The number of hydrogen-bond acceptors (Lipinski definition) is 3. The molecule has 5 nitrogen and oxygen atoms in total. The van der Waals surface area contributed by atoms with E-state index in [-0.39, 0.29) is 11.9 Å². The normalized spacial score (nSPS) is 11.7. The number of carbonyl (C=O) groups excluding carboxylic acids is 1. The number of amides is 1. The van der Waals surface area contributed by atoms with Crippen molar-refractivity contribution in [3.05, 3.63) is 52.8 Å². The number of nitriles is 1. The number of benzene rings is 1. The molecule has 2 aromatic rings. The second-order valence-corrected chi connectivity index (χ2v) is 4.72. The summed E-state index contributed by atoms with van der Waals surface area (Å²) in [6.45, 7) is 3.75. The first-order chi connectivity index (χ1) is 9.51. The Morgan fingerprint density at radius 3 is 2.55 bits per heavy atom. The van der Waals surface area contributed by atoms with E-state index in [0.717, 1.165) is 11.3 Å². The third-order valence-corrected chi connectivity index (χ3v) is 3.12. The van der Waals surface area contributed by atoms with Gasteiger partial charge in [-0.15, -0.1) is 0 Å². The molecular weight excluding hydrogens is 252 g/mol. The summed E-state index contributed by atoms with van der Waals surface area (Å²) in [7, 11) is 1.74. The predicted octanol–water partition coefficient (Wildman–Crippen LogP) is 2.09. The predicted molar refractivity (Wildman–Crippen MR) is 75.0 cm³/mol. The SMILES string of the molecule is Cc1cc(C(=O)NC(C)c2ccc(C#N)cc2)n(C)n1. The molecule has 0 saturated carbocycles. The van der Waals surface area contributed by atoms with Gasteiger partial charge in [-0.25, -0.2) is 0 Å². The standard InChI is InChI=1S/C15H16N4O/c1-10-8-14(19(3)18-10)15(20)17-11(2)13-6-4-12(9-16)5-7-13/h4-8,11H,1-3H3,(H,17,20). The number of hydrogen-bond donors (Lipinski definition) is 1. The summed E-state index contributed by atoms with van der Waals surface area (Å²) in [5.74, 6) is -0.162. The van der Waals surface area contributed by atoms with E-state index in [1.54, 1.807) is 29.9 Å². The Balaban J connectivity index is 2.11. The first-order valence-corrected chi connectivity index (χ1v) is 6.33. The third kappa shape index (κ3) is 2.86. The molecule has 2 rings (SSSR count). The summed E-state index contributed by atoms with van der Waals surface area (Å²) in [6.07, 6.45) is 0. The minimum absolute atomic E-state index is 0.134. The van der Waals surface area contributed by atoms with E-state index in [2.05, 4.69) is 16.5 Å². The molecule has 5 heteroatoms. The number of rotatable bonds is 3. The van der Waals surface area contributed by atoms with Crippen LogP contribution in [0, 0.1) is 18.3 Å². The molecule has 1 aromatic heterocycles. The van der Waals surface area contributed by atoms with Gasteiger partial charge in [0.2, 0.25) is 0 Å². The molecule has 20 heavy (non-hydrogen) atoms. The number of carbonyl (C=O) groups is 1. The van der Waals surface area contributed by atoms with Gasteiger partial charge in [-0.2, -0.15) is 10.4 Å². The summed E-state index contributed by atoms with van der Waals surface area (Å²) in [5.41, 5.74) is 2.90. The van der Waals surface area contributed by atoms with E-state index in [1.807, 2.05) is 26.0 Å². The quantitative estimate of drug-likeness (QED) is 0.926. The van der Waals surface area contributed by atoms with Crippen molar-refractivity contribution < 1.29 is 4.79 Å². The fourth-order valence-corrected chi connectivity index (χ4v) is 2.02. The van der Waals surface area contributed by atoms with Crippen molar-refractivity contribution in [3.63, 3.8) is 0 Å². The maximum Gasteiger partial charge on any atom is 0.270 e. The first kappa shape index (κ1) is 13.8. The molecule has 0 aliphatic heterocycles. The van der Waals surface area contributed by atoms with Crippen molar-refractivity contribution in [1.82, 2.24) is 15.1 Å². The van der Waals surface area contributed by atoms with Crippen LogP contribution < -0.4 is 5.32 Å². The van der Waals surface area contributed by atoms with Gasteiger partial charge in [-0.3, -0.25) is 9.48 Å². The molecule has 0 saturated heterocycles.